The fourth-order valence-electron chi connectivity index (χ4n) is 4.20. The Balaban J connectivity index is 1.70. The molecule has 8 heteroatoms. The van der Waals surface area contributed by atoms with Gasteiger partial charge in [0, 0.05) is 34.7 Å². The van der Waals surface area contributed by atoms with Gasteiger partial charge in [-0.2, -0.15) is 0 Å². The van der Waals surface area contributed by atoms with Crippen molar-refractivity contribution < 1.29 is 23.6 Å². The van der Waals surface area contributed by atoms with Gasteiger partial charge in [0.25, 0.3) is 5.69 Å². The molecule has 1 aromatic heterocycles. The number of non-ortho nitro benzene ring substituents is 1. The summed E-state index contributed by atoms with van der Waals surface area (Å²) in [7, 11) is 2.95. The highest BCUT2D eigenvalue weighted by atomic mass is 16.6. The number of fused-ring (bicyclic) bond motifs is 1. The first-order chi connectivity index (χ1) is 17.2. The summed E-state index contributed by atoms with van der Waals surface area (Å²) in [5, 5.41) is 14.7. The van der Waals surface area contributed by atoms with E-state index >= 15 is 0 Å². The predicted molar refractivity (Wildman–Crippen MR) is 140 cm³/mol. The SMILES string of the molecule is COc1cc([N+](=O)[O-])ccc1NC(=O)/C=C(\C)c1cc2c(-c3ccc(C)cc3C)coc2cc1OC. The van der Waals surface area contributed by atoms with Crippen LogP contribution in [0.5, 0.6) is 11.5 Å². The van der Waals surface area contributed by atoms with E-state index in [2.05, 4.69) is 37.4 Å². The average molecular weight is 487 g/mol. The van der Waals surface area contributed by atoms with E-state index in [4.69, 9.17) is 13.9 Å². The van der Waals surface area contributed by atoms with Gasteiger partial charge < -0.3 is 19.2 Å². The second-order valence-corrected chi connectivity index (χ2v) is 8.47. The number of nitrogens with one attached hydrogen (secondary N) is 1. The summed E-state index contributed by atoms with van der Waals surface area (Å²) in [6.07, 6.45) is 3.18. The number of furan rings is 1. The van der Waals surface area contributed by atoms with Crippen LogP contribution in [0, 0.1) is 24.0 Å². The number of carbonyl (C=O) groups is 1. The van der Waals surface area contributed by atoms with E-state index in [1.807, 2.05) is 19.1 Å². The lowest BCUT2D eigenvalue weighted by Gasteiger charge is -2.12. The summed E-state index contributed by atoms with van der Waals surface area (Å²) in [6, 6.07) is 14.0. The zero-order chi connectivity index (χ0) is 26.0. The van der Waals surface area contributed by atoms with Crippen molar-refractivity contribution >= 4 is 33.8 Å². The number of rotatable bonds is 7. The smallest absolute Gasteiger partial charge is 0.273 e. The minimum Gasteiger partial charge on any atom is -0.496 e. The average Bonchev–Trinajstić information content (AvgIpc) is 3.25. The van der Waals surface area contributed by atoms with E-state index in [1.54, 1.807) is 13.4 Å². The van der Waals surface area contributed by atoms with Gasteiger partial charge in [0.05, 0.1) is 37.2 Å². The molecule has 0 radical (unpaired) electrons. The summed E-state index contributed by atoms with van der Waals surface area (Å²) in [6.45, 7) is 5.93. The second-order valence-electron chi connectivity index (χ2n) is 8.47. The van der Waals surface area contributed by atoms with Gasteiger partial charge in [-0.15, -0.1) is 0 Å². The molecule has 4 rings (SSSR count). The van der Waals surface area contributed by atoms with Crippen LogP contribution in [0.25, 0.3) is 27.7 Å². The fourth-order valence-corrected chi connectivity index (χ4v) is 4.20. The van der Waals surface area contributed by atoms with Crippen LogP contribution in [-0.4, -0.2) is 25.1 Å². The zero-order valence-electron chi connectivity index (χ0n) is 20.7. The van der Waals surface area contributed by atoms with Gasteiger partial charge in [0.15, 0.2) is 0 Å². The van der Waals surface area contributed by atoms with Crippen LogP contribution in [-0.2, 0) is 4.79 Å². The molecule has 8 nitrogen and oxygen atoms in total. The van der Waals surface area contributed by atoms with Gasteiger partial charge in [0.2, 0.25) is 5.91 Å². The highest BCUT2D eigenvalue weighted by molar-refractivity contribution is 6.06. The maximum absolute atomic E-state index is 12.8. The molecule has 0 atom stereocenters. The van der Waals surface area contributed by atoms with Gasteiger partial charge in [-0.25, -0.2) is 0 Å². The third kappa shape index (κ3) is 4.79. The van der Waals surface area contributed by atoms with Crippen molar-refractivity contribution in [2.45, 2.75) is 20.8 Å². The van der Waals surface area contributed by atoms with Crippen molar-refractivity contribution in [3.8, 4) is 22.6 Å². The van der Waals surface area contributed by atoms with Crippen molar-refractivity contribution in [1.82, 2.24) is 0 Å². The Labute approximate surface area is 208 Å². The Morgan fingerprint density at radius 1 is 1.00 bits per heavy atom. The first kappa shape index (κ1) is 24.5. The molecular formula is C28H26N2O6. The number of amides is 1. The number of anilines is 1. The highest BCUT2D eigenvalue weighted by Crippen LogP contribution is 2.38. The van der Waals surface area contributed by atoms with E-state index in [0.717, 1.165) is 27.6 Å². The monoisotopic (exact) mass is 486 g/mol. The number of methoxy groups -OCH3 is 2. The third-order valence-electron chi connectivity index (χ3n) is 5.99. The quantitative estimate of drug-likeness (QED) is 0.177. The van der Waals surface area contributed by atoms with Crippen LogP contribution < -0.4 is 14.8 Å². The largest absolute Gasteiger partial charge is 0.496 e. The van der Waals surface area contributed by atoms with E-state index in [0.29, 0.717) is 22.6 Å². The minimum atomic E-state index is -0.525. The zero-order valence-corrected chi connectivity index (χ0v) is 20.7. The summed E-state index contributed by atoms with van der Waals surface area (Å²) >= 11 is 0. The molecule has 1 amide bonds. The van der Waals surface area contributed by atoms with Crippen LogP contribution in [0.4, 0.5) is 11.4 Å². The maximum Gasteiger partial charge on any atom is 0.273 e. The van der Waals surface area contributed by atoms with Crippen LogP contribution in [0.15, 0.2) is 65.3 Å². The van der Waals surface area contributed by atoms with Crippen molar-refractivity contribution in [3.05, 3.63) is 87.7 Å². The topological polar surface area (TPSA) is 104 Å². The molecular weight excluding hydrogens is 460 g/mol. The summed E-state index contributed by atoms with van der Waals surface area (Å²) in [5.74, 6) is 0.348. The standard InChI is InChI=1S/C28H26N2O6/c1-16-6-8-20(17(2)10-16)23-15-36-26-14-25(34-4)21(13-22(23)26)18(3)11-28(31)29-24-9-7-19(30(32)33)12-27(24)35-5/h6-15H,1-5H3,(H,29,31)/b18-11+. The molecule has 0 saturated carbocycles. The molecule has 184 valence electrons. The number of allylic oxidation sites excluding steroid dienone is 1. The fraction of sp³-hybridized carbons (Fsp3) is 0.179. The summed E-state index contributed by atoms with van der Waals surface area (Å²) in [4.78, 5) is 23.3. The van der Waals surface area contributed by atoms with Crippen molar-refractivity contribution in [1.29, 1.82) is 0 Å². The van der Waals surface area contributed by atoms with Gasteiger partial charge >= 0.3 is 0 Å². The molecule has 0 fully saturated rings. The Morgan fingerprint density at radius 3 is 2.42 bits per heavy atom. The van der Waals surface area contributed by atoms with Gasteiger partial charge in [-0.3, -0.25) is 14.9 Å². The van der Waals surface area contributed by atoms with Crippen molar-refractivity contribution in [3.63, 3.8) is 0 Å². The Bertz CT molecular complexity index is 1520. The van der Waals surface area contributed by atoms with Crippen molar-refractivity contribution in [2.75, 3.05) is 19.5 Å². The number of nitrogens with zero attached hydrogens (tertiary/aromatic N) is 1. The van der Waals surface area contributed by atoms with Crippen LogP contribution in [0.2, 0.25) is 0 Å². The summed E-state index contributed by atoms with van der Waals surface area (Å²) in [5.41, 5.74) is 6.63. The molecule has 4 aromatic rings. The lowest BCUT2D eigenvalue weighted by Crippen LogP contribution is -2.10. The van der Waals surface area contributed by atoms with E-state index in [9.17, 15) is 14.9 Å². The molecule has 0 aliphatic carbocycles. The molecule has 36 heavy (non-hydrogen) atoms. The number of nitro groups is 1. The number of benzene rings is 3. The van der Waals surface area contributed by atoms with E-state index < -0.39 is 10.8 Å². The molecule has 0 saturated heterocycles. The summed E-state index contributed by atoms with van der Waals surface area (Å²) < 4.78 is 16.6. The molecule has 0 aliphatic heterocycles. The van der Waals surface area contributed by atoms with Gasteiger partial charge in [0.1, 0.15) is 17.1 Å². The Morgan fingerprint density at radius 2 is 1.75 bits per heavy atom. The third-order valence-corrected chi connectivity index (χ3v) is 5.99. The molecule has 1 N–H and O–H groups in total. The lowest BCUT2D eigenvalue weighted by atomic mass is 9.96. The molecule has 0 spiro atoms. The minimum absolute atomic E-state index is 0.130. The number of ether oxygens (including phenoxy) is 2. The van der Waals surface area contributed by atoms with E-state index in [-0.39, 0.29) is 11.4 Å². The predicted octanol–water partition coefficient (Wildman–Crippen LogP) is 6.68. The molecule has 0 aliphatic rings. The Hall–Kier alpha value is -4.59. The number of carbonyl (C=O) groups excluding carboxylic acids is 1. The van der Waals surface area contributed by atoms with Crippen LogP contribution >= 0.6 is 0 Å². The normalized spacial score (nSPS) is 11.4. The maximum atomic E-state index is 12.8. The molecule has 0 bridgehead atoms. The first-order valence-electron chi connectivity index (χ1n) is 11.2. The van der Waals surface area contributed by atoms with Gasteiger partial charge in [-0.05, 0) is 49.6 Å². The number of aryl methyl sites for hydroxylation is 2. The number of nitro benzene ring substituents is 1. The Kier molecular flexibility index (Phi) is 6.78. The molecule has 3 aromatic carbocycles. The number of hydrogen-bond acceptors (Lipinski definition) is 6. The van der Waals surface area contributed by atoms with Crippen LogP contribution in [0.3, 0.4) is 0 Å². The second kappa shape index (κ2) is 9.95. The number of hydrogen-bond donors (Lipinski definition) is 1. The van der Waals surface area contributed by atoms with Gasteiger partial charge in [-0.1, -0.05) is 23.8 Å². The lowest BCUT2D eigenvalue weighted by molar-refractivity contribution is -0.384. The van der Waals surface area contributed by atoms with E-state index in [1.165, 1.54) is 36.9 Å². The first-order valence-corrected chi connectivity index (χ1v) is 11.2. The molecule has 0 unspecified atom stereocenters. The molecule has 1 heterocycles. The highest BCUT2D eigenvalue weighted by Gasteiger charge is 2.17. The van der Waals surface area contributed by atoms with Crippen LogP contribution in [0.1, 0.15) is 23.6 Å². The van der Waals surface area contributed by atoms with Crippen molar-refractivity contribution in [2.24, 2.45) is 0 Å².